The molecular formula is C21H28FN4O3+. The first-order valence-electron chi connectivity index (χ1n) is 10.0. The number of hydrogen-bond donors (Lipinski definition) is 3. The lowest BCUT2D eigenvalue weighted by atomic mass is 10.1. The molecule has 1 aliphatic heterocycles. The second kappa shape index (κ2) is 10.1. The monoisotopic (exact) mass is 403 g/mol. The number of hydrogen-bond acceptors (Lipinski definition) is 4. The Balaban J connectivity index is 1.59. The highest BCUT2D eigenvalue weighted by molar-refractivity contribution is 6.35. The molecule has 29 heavy (non-hydrogen) atoms. The molecule has 2 amide bonds. The summed E-state index contributed by atoms with van der Waals surface area (Å²) in [6.07, 6.45) is 2.39. The zero-order chi connectivity index (χ0) is 20.6. The number of nitrogens with one attached hydrogen (secondary N) is 3. The number of anilines is 1. The Morgan fingerprint density at radius 1 is 1.14 bits per heavy atom. The van der Waals surface area contributed by atoms with Gasteiger partial charge in [-0.25, -0.2) is 4.39 Å². The summed E-state index contributed by atoms with van der Waals surface area (Å²) in [6.45, 7) is 6.01. The molecule has 1 fully saturated rings. The quantitative estimate of drug-likeness (QED) is 0.589. The predicted molar refractivity (Wildman–Crippen MR) is 107 cm³/mol. The highest BCUT2D eigenvalue weighted by Crippen LogP contribution is 2.16. The molecule has 2 heterocycles. The third-order valence-electron chi connectivity index (χ3n) is 5.19. The van der Waals surface area contributed by atoms with Crippen LogP contribution in [0.1, 0.15) is 25.1 Å². The van der Waals surface area contributed by atoms with E-state index in [1.54, 1.807) is 18.4 Å². The Morgan fingerprint density at radius 2 is 1.83 bits per heavy atom. The molecule has 8 heteroatoms. The van der Waals surface area contributed by atoms with Crippen molar-refractivity contribution < 1.29 is 23.3 Å². The third kappa shape index (κ3) is 5.57. The van der Waals surface area contributed by atoms with Crippen LogP contribution < -0.4 is 20.4 Å². The smallest absolute Gasteiger partial charge is 0.309 e. The van der Waals surface area contributed by atoms with Crippen molar-refractivity contribution in [2.75, 3.05) is 44.2 Å². The first-order chi connectivity index (χ1) is 14.1. The Morgan fingerprint density at radius 3 is 2.45 bits per heavy atom. The number of benzene rings is 1. The molecule has 156 valence electrons. The molecule has 1 aromatic carbocycles. The molecule has 2 aromatic rings. The summed E-state index contributed by atoms with van der Waals surface area (Å²) in [5.41, 5.74) is 1.00. The molecule has 0 saturated carbocycles. The summed E-state index contributed by atoms with van der Waals surface area (Å²) < 4.78 is 18.8. The van der Waals surface area contributed by atoms with Gasteiger partial charge in [0.15, 0.2) is 11.8 Å². The molecule has 1 saturated heterocycles. The van der Waals surface area contributed by atoms with E-state index in [9.17, 15) is 14.0 Å². The Hall–Kier alpha value is -2.87. The van der Waals surface area contributed by atoms with Crippen molar-refractivity contribution >= 4 is 17.5 Å². The standard InChI is InChI=1S/C21H27FN4O3/c1-2-9-23-20(27)21(28)24-15-18(19-4-3-14-29-19)26-12-10-25(11-13-26)17-7-5-16(22)6-8-17/h3-8,14,18H,2,9-13,15H2,1H3,(H,23,27)(H,24,28)/p+1/t18-/m1/s1. The van der Waals surface area contributed by atoms with Gasteiger partial charge in [0.1, 0.15) is 5.82 Å². The minimum atomic E-state index is -0.626. The summed E-state index contributed by atoms with van der Waals surface area (Å²) in [7, 11) is 0. The van der Waals surface area contributed by atoms with Gasteiger partial charge in [0, 0.05) is 12.2 Å². The van der Waals surface area contributed by atoms with Crippen molar-refractivity contribution in [2.24, 2.45) is 0 Å². The van der Waals surface area contributed by atoms with Crippen molar-refractivity contribution in [1.29, 1.82) is 0 Å². The summed E-state index contributed by atoms with van der Waals surface area (Å²) in [5.74, 6) is -0.695. The van der Waals surface area contributed by atoms with E-state index in [1.165, 1.54) is 17.0 Å². The average Bonchev–Trinajstić information content (AvgIpc) is 3.27. The largest absolute Gasteiger partial charge is 0.463 e. The summed E-state index contributed by atoms with van der Waals surface area (Å²) >= 11 is 0. The normalized spacial score (nSPS) is 15.7. The fourth-order valence-corrected chi connectivity index (χ4v) is 3.58. The summed E-state index contributed by atoms with van der Waals surface area (Å²) in [4.78, 5) is 27.4. The van der Waals surface area contributed by atoms with Crippen LogP contribution in [-0.4, -0.2) is 51.1 Å². The van der Waals surface area contributed by atoms with Gasteiger partial charge in [-0.3, -0.25) is 9.59 Å². The molecule has 1 atom stereocenters. The number of quaternary nitrogens is 1. The summed E-state index contributed by atoms with van der Waals surface area (Å²) in [5, 5.41) is 5.32. The number of rotatable bonds is 7. The van der Waals surface area contributed by atoms with Crippen LogP contribution in [-0.2, 0) is 9.59 Å². The molecule has 3 N–H and O–H groups in total. The van der Waals surface area contributed by atoms with E-state index in [-0.39, 0.29) is 11.9 Å². The minimum absolute atomic E-state index is 0.0803. The fourth-order valence-electron chi connectivity index (χ4n) is 3.58. The Bertz CT molecular complexity index is 787. The van der Waals surface area contributed by atoms with Gasteiger partial charge in [-0.05, 0) is 42.8 Å². The molecule has 0 unspecified atom stereocenters. The molecule has 1 aliphatic rings. The van der Waals surface area contributed by atoms with E-state index in [2.05, 4.69) is 15.5 Å². The first kappa shape index (κ1) is 20.9. The number of furan rings is 1. The van der Waals surface area contributed by atoms with E-state index in [1.807, 2.05) is 19.1 Å². The molecule has 0 bridgehead atoms. The van der Waals surface area contributed by atoms with Gasteiger partial charge in [-0.1, -0.05) is 6.92 Å². The lowest BCUT2D eigenvalue weighted by Crippen LogP contribution is -3.15. The van der Waals surface area contributed by atoms with Gasteiger partial charge < -0.3 is 24.9 Å². The van der Waals surface area contributed by atoms with Crippen molar-refractivity contribution in [3.8, 4) is 0 Å². The molecule has 0 radical (unpaired) electrons. The van der Waals surface area contributed by atoms with Crippen molar-refractivity contribution in [1.82, 2.24) is 10.6 Å². The second-order valence-corrected chi connectivity index (χ2v) is 7.16. The predicted octanol–water partition coefficient (Wildman–Crippen LogP) is 0.507. The molecule has 3 rings (SSSR count). The maximum absolute atomic E-state index is 13.2. The van der Waals surface area contributed by atoms with Crippen molar-refractivity contribution in [3.05, 3.63) is 54.2 Å². The van der Waals surface area contributed by atoms with E-state index in [0.29, 0.717) is 13.1 Å². The first-order valence-corrected chi connectivity index (χ1v) is 10.0. The van der Waals surface area contributed by atoms with Crippen LogP contribution in [0.4, 0.5) is 10.1 Å². The van der Waals surface area contributed by atoms with Gasteiger partial charge in [-0.2, -0.15) is 0 Å². The number of halogens is 1. The zero-order valence-electron chi connectivity index (χ0n) is 16.6. The number of carbonyl (C=O) groups excluding carboxylic acids is 2. The van der Waals surface area contributed by atoms with Crippen LogP contribution in [0.15, 0.2) is 47.1 Å². The summed E-state index contributed by atoms with van der Waals surface area (Å²) in [6, 6.07) is 10.2. The lowest BCUT2D eigenvalue weighted by molar-refractivity contribution is -0.932. The van der Waals surface area contributed by atoms with Gasteiger partial charge in [-0.15, -0.1) is 0 Å². The van der Waals surface area contributed by atoms with Crippen LogP contribution in [0.25, 0.3) is 0 Å². The van der Waals surface area contributed by atoms with Crippen LogP contribution in [0.5, 0.6) is 0 Å². The van der Waals surface area contributed by atoms with E-state index >= 15 is 0 Å². The Labute approximate surface area is 169 Å². The van der Waals surface area contributed by atoms with Gasteiger partial charge in [0.25, 0.3) is 0 Å². The van der Waals surface area contributed by atoms with E-state index in [0.717, 1.165) is 44.0 Å². The third-order valence-corrected chi connectivity index (χ3v) is 5.19. The van der Waals surface area contributed by atoms with Gasteiger partial charge in [0.2, 0.25) is 0 Å². The average molecular weight is 403 g/mol. The maximum Gasteiger partial charge on any atom is 0.309 e. The molecule has 0 spiro atoms. The van der Waals surface area contributed by atoms with Gasteiger partial charge in [0.05, 0.1) is 39.0 Å². The van der Waals surface area contributed by atoms with Crippen LogP contribution in [0.2, 0.25) is 0 Å². The van der Waals surface area contributed by atoms with Crippen LogP contribution in [0, 0.1) is 5.82 Å². The number of amides is 2. The number of piperazine rings is 1. The van der Waals surface area contributed by atoms with Gasteiger partial charge >= 0.3 is 11.8 Å². The van der Waals surface area contributed by atoms with Crippen LogP contribution >= 0.6 is 0 Å². The topological polar surface area (TPSA) is 79.0 Å². The zero-order valence-corrected chi connectivity index (χ0v) is 16.6. The molecule has 0 aliphatic carbocycles. The highest BCUT2D eigenvalue weighted by Gasteiger charge is 2.31. The number of carbonyl (C=O) groups is 2. The van der Waals surface area contributed by atoms with E-state index in [4.69, 9.17) is 4.42 Å². The minimum Gasteiger partial charge on any atom is -0.463 e. The molecule has 7 nitrogen and oxygen atoms in total. The number of nitrogens with zero attached hydrogens (tertiary/aromatic N) is 1. The molecular weight excluding hydrogens is 375 g/mol. The van der Waals surface area contributed by atoms with Crippen molar-refractivity contribution in [3.63, 3.8) is 0 Å². The SMILES string of the molecule is CCCNC(=O)C(=O)NC[C@H](c1ccco1)[NH+]1CCN(c2ccc(F)cc2)CC1. The molecule has 1 aromatic heterocycles. The van der Waals surface area contributed by atoms with Crippen LogP contribution in [0.3, 0.4) is 0 Å². The highest BCUT2D eigenvalue weighted by atomic mass is 19.1. The van der Waals surface area contributed by atoms with Crippen molar-refractivity contribution in [2.45, 2.75) is 19.4 Å². The van der Waals surface area contributed by atoms with E-state index < -0.39 is 11.8 Å². The second-order valence-electron chi connectivity index (χ2n) is 7.16. The maximum atomic E-state index is 13.2. The fraction of sp³-hybridized carbons (Fsp3) is 0.429. The Kier molecular flexibility index (Phi) is 7.24. The lowest BCUT2D eigenvalue weighted by Gasteiger charge is -2.37.